The number of fused-ring (bicyclic) bond motifs is 1. The molecule has 0 heterocycles. The number of benzene rings is 2. The Morgan fingerprint density at radius 1 is 1.00 bits per heavy atom. The van der Waals surface area contributed by atoms with Crippen molar-refractivity contribution in [1.82, 2.24) is 0 Å². The lowest BCUT2D eigenvalue weighted by atomic mass is 9.87. The number of Topliss-reactive ketones (excluding diaryl/α,β-unsaturated/α-hetero) is 1. The second-order valence-electron chi connectivity index (χ2n) is 6.15. The summed E-state index contributed by atoms with van der Waals surface area (Å²) in [5, 5.41) is 0. The van der Waals surface area contributed by atoms with Crippen LogP contribution in [0.15, 0.2) is 36.4 Å². The Morgan fingerprint density at radius 2 is 1.73 bits per heavy atom. The van der Waals surface area contributed by atoms with Gasteiger partial charge in [0.25, 0.3) is 0 Å². The van der Waals surface area contributed by atoms with Crippen LogP contribution in [0.3, 0.4) is 0 Å². The van der Waals surface area contributed by atoms with Crippen LogP contribution in [-0.2, 0) is 11.2 Å². The lowest BCUT2D eigenvalue weighted by molar-refractivity contribution is -0.136. The molecule has 0 aliphatic heterocycles. The smallest absolute Gasteiger partial charge is 0.349 e. The minimum Gasteiger partial charge on any atom is -0.490 e. The Kier molecular flexibility index (Phi) is 5.56. The molecular weight excluding hydrogens is 332 g/mol. The standard InChI is InChI=1S/C21H22O5/c1-3-24-17-9-4-5-10-18(17)25-13-20(23)26-19-12-11-14(2)15-7-6-8-16(22)21(15)19/h4-5,9-12H,3,6-8,13H2,1-2H3. The molecule has 136 valence electrons. The zero-order valence-electron chi connectivity index (χ0n) is 15.0. The van der Waals surface area contributed by atoms with Crippen molar-refractivity contribution in [3.8, 4) is 17.2 Å². The molecule has 0 amide bonds. The van der Waals surface area contributed by atoms with Gasteiger partial charge in [0.1, 0.15) is 5.75 Å². The summed E-state index contributed by atoms with van der Waals surface area (Å²) in [5.74, 6) is 0.849. The highest BCUT2D eigenvalue weighted by Gasteiger charge is 2.24. The Labute approximate surface area is 152 Å². The Balaban J connectivity index is 1.71. The fourth-order valence-electron chi connectivity index (χ4n) is 3.13. The molecule has 26 heavy (non-hydrogen) atoms. The number of carbonyl (C=O) groups excluding carboxylic acids is 2. The van der Waals surface area contributed by atoms with E-state index in [-0.39, 0.29) is 12.4 Å². The number of aryl methyl sites for hydroxylation is 1. The normalized spacial score (nSPS) is 13.1. The van der Waals surface area contributed by atoms with E-state index in [2.05, 4.69) is 0 Å². The fraction of sp³-hybridized carbons (Fsp3) is 0.333. The first-order valence-corrected chi connectivity index (χ1v) is 8.81. The van der Waals surface area contributed by atoms with Crippen molar-refractivity contribution in [3.63, 3.8) is 0 Å². The maximum absolute atomic E-state index is 12.3. The van der Waals surface area contributed by atoms with E-state index in [1.807, 2.05) is 26.0 Å². The van der Waals surface area contributed by atoms with Gasteiger partial charge in [0.15, 0.2) is 23.9 Å². The van der Waals surface area contributed by atoms with Crippen molar-refractivity contribution in [2.24, 2.45) is 0 Å². The van der Waals surface area contributed by atoms with Gasteiger partial charge in [-0.2, -0.15) is 0 Å². The molecule has 0 radical (unpaired) electrons. The van der Waals surface area contributed by atoms with Crippen LogP contribution in [0.1, 0.15) is 41.3 Å². The molecule has 5 heteroatoms. The number of ether oxygens (including phenoxy) is 3. The van der Waals surface area contributed by atoms with Gasteiger partial charge in [-0.05, 0) is 56.0 Å². The number of para-hydroxylation sites is 2. The first kappa shape index (κ1) is 18.0. The number of hydrogen-bond acceptors (Lipinski definition) is 5. The quantitative estimate of drug-likeness (QED) is 0.582. The van der Waals surface area contributed by atoms with Crippen LogP contribution in [0, 0.1) is 6.92 Å². The molecule has 1 aliphatic carbocycles. The zero-order chi connectivity index (χ0) is 18.5. The molecular formula is C21H22O5. The van der Waals surface area contributed by atoms with Crippen molar-refractivity contribution in [3.05, 3.63) is 53.1 Å². The molecule has 5 nitrogen and oxygen atoms in total. The molecule has 1 aliphatic rings. The Bertz CT molecular complexity index is 825. The molecule has 0 bridgehead atoms. The molecule has 0 saturated carbocycles. The van der Waals surface area contributed by atoms with Crippen LogP contribution in [0.5, 0.6) is 17.2 Å². The molecule has 0 fully saturated rings. The van der Waals surface area contributed by atoms with Crippen LogP contribution >= 0.6 is 0 Å². The van der Waals surface area contributed by atoms with Gasteiger partial charge in [0.05, 0.1) is 12.2 Å². The number of carbonyl (C=O) groups is 2. The van der Waals surface area contributed by atoms with E-state index in [4.69, 9.17) is 14.2 Å². The third-order valence-corrected chi connectivity index (χ3v) is 4.34. The molecule has 0 N–H and O–H groups in total. The second kappa shape index (κ2) is 8.04. The fourth-order valence-corrected chi connectivity index (χ4v) is 3.13. The number of esters is 1. The van der Waals surface area contributed by atoms with Crippen molar-refractivity contribution in [1.29, 1.82) is 0 Å². The minimum absolute atomic E-state index is 0.0281. The maximum Gasteiger partial charge on any atom is 0.349 e. The predicted molar refractivity (Wildman–Crippen MR) is 97.2 cm³/mol. The largest absolute Gasteiger partial charge is 0.490 e. The zero-order valence-corrected chi connectivity index (χ0v) is 15.0. The van der Waals surface area contributed by atoms with E-state index in [0.717, 1.165) is 24.0 Å². The predicted octanol–water partition coefficient (Wildman–Crippen LogP) is 3.90. The summed E-state index contributed by atoms with van der Waals surface area (Å²) in [7, 11) is 0. The summed E-state index contributed by atoms with van der Waals surface area (Å²) < 4.78 is 16.4. The topological polar surface area (TPSA) is 61.8 Å². The number of rotatable bonds is 6. The lowest BCUT2D eigenvalue weighted by Gasteiger charge is -2.20. The summed E-state index contributed by atoms with van der Waals surface area (Å²) in [6.45, 7) is 4.09. The monoisotopic (exact) mass is 354 g/mol. The SMILES string of the molecule is CCOc1ccccc1OCC(=O)Oc1ccc(C)c2c1C(=O)CCC2. The summed E-state index contributed by atoms with van der Waals surface area (Å²) in [6.07, 6.45) is 2.15. The molecule has 0 unspecified atom stereocenters. The summed E-state index contributed by atoms with van der Waals surface area (Å²) >= 11 is 0. The van der Waals surface area contributed by atoms with Gasteiger partial charge in [-0.1, -0.05) is 18.2 Å². The molecule has 3 rings (SSSR count). The van der Waals surface area contributed by atoms with Crippen molar-refractivity contribution < 1.29 is 23.8 Å². The highest BCUT2D eigenvalue weighted by Crippen LogP contribution is 2.32. The average Bonchev–Trinajstić information content (AvgIpc) is 2.64. The summed E-state index contributed by atoms with van der Waals surface area (Å²) in [6, 6.07) is 10.7. The van der Waals surface area contributed by atoms with Gasteiger partial charge < -0.3 is 14.2 Å². The van der Waals surface area contributed by atoms with Crippen LogP contribution in [0.4, 0.5) is 0 Å². The molecule has 0 spiro atoms. The highest BCUT2D eigenvalue weighted by molar-refractivity contribution is 6.02. The highest BCUT2D eigenvalue weighted by atomic mass is 16.6. The first-order chi connectivity index (χ1) is 12.6. The Morgan fingerprint density at radius 3 is 2.46 bits per heavy atom. The number of ketones is 1. The second-order valence-corrected chi connectivity index (χ2v) is 6.15. The van der Waals surface area contributed by atoms with Gasteiger partial charge in [0.2, 0.25) is 0 Å². The van der Waals surface area contributed by atoms with Crippen molar-refractivity contribution >= 4 is 11.8 Å². The molecule has 0 atom stereocenters. The van der Waals surface area contributed by atoms with Gasteiger partial charge in [-0.3, -0.25) is 4.79 Å². The van der Waals surface area contributed by atoms with Gasteiger partial charge in [-0.25, -0.2) is 4.79 Å². The third kappa shape index (κ3) is 3.87. The molecule has 2 aromatic rings. The first-order valence-electron chi connectivity index (χ1n) is 8.81. The minimum atomic E-state index is -0.555. The van der Waals surface area contributed by atoms with Crippen LogP contribution < -0.4 is 14.2 Å². The van der Waals surface area contributed by atoms with Gasteiger partial charge in [0, 0.05) is 6.42 Å². The Hall–Kier alpha value is -2.82. The van der Waals surface area contributed by atoms with E-state index in [1.165, 1.54) is 0 Å². The maximum atomic E-state index is 12.3. The average molecular weight is 354 g/mol. The molecule has 2 aromatic carbocycles. The summed E-state index contributed by atoms with van der Waals surface area (Å²) in [5.41, 5.74) is 2.57. The van der Waals surface area contributed by atoms with Crippen molar-refractivity contribution in [2.45, 2.75) is 33.1 Å². The van der Waals surface area contributed by atoms with Crippen LogP contribution in [-0.4, -0.2) is 25.0 Å². The van der Waals surface area contributed by atoms with E-state index >= 15 is 0 Å². The van der Waals surface area contributed by atoms with E-state index in [1.54, 1.807) is 24.3 Å². The van der Waals surface area contributed by atoms with Gasteiger partial charge >= 0.3 is 5.97 Å². The van der Waals surface area contributed by atoms with Crippen LogP contribution in [0.2, 0.25) is 0 Å². The lowest BCUT2D eigenvalue weighted by Crippen LogP contribution is -2.21. The molecule has 0 saturated heterocycles. The number of hydrogen-bond donors (Lipinski definition) is 0. The van der Waals surface area contributed by atoms with Crippen molar-refractivity contribution in [2.75, 3.05) is 13.2 Å². The third-order valence-electron chi connectivity index (χ3n) is 4.34. The van der Waals surface area contributed by atoms with E-state index in [0.29, 0.717) is 35.8 Å². The van der Waals surface area contributed by atoms with Gasteiger partial charge in [-0.15, -0.1) is 0 Å². The van der Waals surface area contributed by atoms with Crippen LogP contribution in [0.25, 0.3) is 0 Å². The van der Waals surface area contributed by atoms with E-state index < -0.39 is 5.97 Å². The summed E-state index contributed by atoms with van der Waals surface area (Å²) in [4.78, 5) is 24.5. The molecule has 0 aromatic heterocycles. The van der Waals surface area contributed by atoms with E-state index in [9.17, 15) is 9.59 Å².